The molecular weight excluding hydrogens is 321 g/mol. The second kappa shape index (κ2) is 7.75. The van der Waals surface area contributed by atoms with Gasteiger partial charge in [-0.05, 0) is 36.8 Å². The number of halogens is 1. The van der Waals surface area contributed by atoms with Gasteiger partial charge in [0, 0.05) is 12.0 Å². The summed E-state index contributed by atoms with van der Waals surface area (Å²) in [5, 5.41) is 0. The van der Waals surface area contributed by atoms with Gasteiger partial charge in [0.05, 0.1) is 12.6 Å². The zero-order valence-corrected chi connectivity index (χ0v) is 13.8. The molecule has 0 spiro atoms. The molecule has 0 radical (unpaired) electrons. The fraction of sp³-hybridized carbons (Fsp3) is 0.200. The lowest BCUT2D eigenvalue weighted by Crippen LogP contribution is -2.09. The van der Waals surface area contributed by atoms with Gasteiger partial charge in [0.25, 0.3) is 0 Å². The molecular formula is C20H18FNO3. The van der Waals surface area contributed by atoms with Crippen molar-refractivity contribution in [3.63, 3.8) is 0 Å². The molecule has 5 heteroatoms. The summed E-state index contributed by atoms with van der Waals surface area (Å²) in [6.07, 6.45) is 1.80. The summed E-state index contributed by atoms with van der Waals surface area (Å²) in [5.41, 5.74) is 1.69. The SMILES string of the molecule is CC(OC(=O)CCc1ncc(-c2ccc(F)cc2)o1)c1ccccc1. The number of oxazole rings is 1. The Morgan fingerprint density at radius 2 is 1.88 bits per heavy atom. The molecule has 1 aromatic heterocycles. The van der Waals surface area contributed by atoms with E-state index in [1.165, 1.54) is 12.1 Å². The van der Waals surface area contributed by atoms with E-state index in [4.69, 9.17) is 9.15 Å². The number of carbonyl (C=O) groups excluding carboxylic acids is 1. The Kier molecular flexibility index (Phi) is 5.23. The Morgan fingerprint density at radius 3 is 2.60 bits per heavy atom. The van der Waals surface area contributed by atoms with Crippen molar-refractivity contribution in [1.82, 2.24) is 4.98 Å². The Labute approximate surface area is 145 Å². The minimum absolute atomic E-state index is 0.181. The number of rotatable bonds is 6. The first-order valence-corrected chi connectivity index (χ1v) is 8.07. The first-order chi connectivity index (χ1) is 12.1. The van der Waals surface area contributed by atoms with E-state index < -0.39 is 0 Å². The Hall–Kier alpha value is -2.95. The van der Waals surface area contributed by atoms with Gasteiger partial charge in [-0.15, -0.1) is 0 Å². The number of aromatic nitrogens is 1. The number of hydrogen-bond donors (Lipinski definition) is 0. The maximum absolute atomic E-state index is 12.9. The average Bonchev–Trinajstić information content (AvgIpc) is 3.10. The van der Waals surface area contributed by atoms with Crippen LogP contribution in [-0.4, -0.2) is 11.0 Å². The second-order valence-corrected chi connectivity index (χ2v) is 5.67. The minimum Gasteiger partial charge on any atom is -0.458 e. The third-order valence-electron chi connectivity index (χ3n) is 3.80. The van der Waals surface area contributed by atoms with Gasteiger partial charge in [0.15, 0.2) is 11.7 Å². The monoisotopic (exact) mass is 339 g/mol. The van der Waals surface area contributed by atoms with Crippen LogP contribution in [0.3, 0.4) is 0 Å². The third-order valence-corrected chi connectivity index (χ3v) is 3.80. The van der Waals surface area contributed by atoms with Crippen molar-refractivity contribution in [1.29, 1.82) is 0 Å². The largest absolute Gasteiger partial charge is 0.458 e. The van der Waals surface area contributed by atoms with Gasteiger partial charge < -0.3 is 9.15 Å². The van der Waals surface area contributed by atoms with Crippen molar-refractivity contribution in [3.8, 4) is 11.3 Å². The van der Waals surface area contributed by atoms with Crippen molar-refractivity contribution >= 4 is 5.97 Å². The molecule has 0 N–H and O–H groups in total. The quantitative estimate of drug-likeness (QED) is 0.610. The predicted molar refractivity (Wildman–Crippen MR) is 91.2 cm³/mol. The highest BCUT2D eigenvalue weighted by molar-refractivity contribution is 5.70. The van der Waals surface area contributed by atoms with Crippen LogP contribution in [0.2, 0.25) is 0 Å². The second-order valence-electron chi connectivity index (χ2n) is 5.67. The molecule has 0 aliphatic heterocycles. The zero-order chi connectivity index (χ0) is 17.6. The van der Waals surface area contributed by atoms with Crippen LogP contribution >= 0.6 is 0 Å². The van der Waals surface area contributed by atoms with E-state index in [2.05, 4.69) is 4.98 Å². The van der Waals surface area contributed by atoms with Gasteiger partial charge >= 0.3 is 5.97 Å². The summed E-state index contributed by atoms with van der Waals surface area (Å²) in [6.45, 7) is 1.84. The maximum atomic E-state index is 12.9. The van der Waals surface area contributed by atoms with Crippen LogP contribution < -0.4 is 0 Å². The molecule has 1 atom stereocenters. The Bertz CT molecular complexity index is 828. The van der Waals surface area contributed by atoms with E-state index in [0.717, 1.165) is 11.1 Å². The van der Waals surface area contributed by atoms with Gasteiger partial charge in [-0.25, -0.2) is 9.37 Å². The summed E-state index contributed by atoms with van der Waals surface area (Å²) in [6, 6.07) is 15.5. The molecule has 25 heavy (non-hydrogen) atoms. The Balaban J connectivity index is 1.53. The summed E-state index contributed by atoms with van der Waals surface area (Å²) in [7, 11) is 0. The number of esters is 1. The smallest absolute Gasteiger partial charge is 0.306 e. The van der Waals surface area contributed by atoms with E-state index in [1.54, 1.807) is 18.3 Å². The molecule has 0 bridgehead atoms. The lowest BCUT2D eigenvalue weighted by atomic mass is 10.1. The average molecular weight is 339 g/mol. The van der Waals surface area contributed by atoms with E-state index in [1.807, 2.05) is 37.3 Å². The molecule has 0 aliphatic rings. The fourth-order valence-corrected chi connectivity index (χ4v) is 2.43. The van der Waals surface area contributed by atoms with Crippen LogP contribution in [-0.2, 0) is 16.0 Å². The van der Waals surface area contributed by atoms with Crippen LogP contribution in [0.5, 0.6) is 0 Å². The van der Waals surface area contributed by atoms with Crippen LogP contribution in [0.25, 0.3) is 11.3 Å². The van der Waals surface area contributed by atoms with Gasteiger partial charge in [0.1, 0.15) is 11.9 Å². The van der Waals surface area contributed by atoms with E-state index in [-0.39, 0.29) is 24.3 Å². The molecule has 0 fully saturated rings. The number of carbonyl (C=O) groups is 1. The summed E-state index contributed by atoms with van der Waals surface area (Å²) < 4.78 is 24.0. The molecule has 0 saturated heterocycles. The van der Waals surface area contributed by atoms with Crippen molar-refractivity contribution in [2.75, 3.05) is 0 Å². The summed E-state index contributed by atoms with van der Waals surface area (Å²) in [5.74, 6) is 0.376. The van der Waals surface area contributed by atoms with Crippen molar-refractivity contribution in [2.45, 2.75) is 25.9 Å². The van der Waals surface area contributed by atoms with Crippen LogP contribution in [0.15, 0.2) is 65.2 Å². The molecule has 4 nitrogen and oxygen atoms in total. The fourth-order valence-electron chi connectivity index (χ4n) is 2.43. The highest BCUT2D eigenvalue weighted by Gasteiger charge is 2.13. The topological polar surface area (TPSA) is 52.3 Å². The van der Waals surface area contributed by atoms with E-state index >= 15 is 0 Å². The van der Waals surface area contributed by atoms with Gasteiger partial charge in [-0.3, -0.25) is 4.79 Å². The van der Waals surface area contributed by atoms with Crippen molar-refractivity contribution < 1.29 is 18.3 Å². The first kappa shape index (κ1) is 16.9. The van der Waals surface area contributed by atoms with Crippen LogP contribution in [0, 0.1) is 5.82 Å². The van der Waals surface area contributed by atoms with Crippen LogP contribution in [0.1, 0.15) is 30.9 Å². The number of ether oxygens (including phenoxy) is 1. The lowest BCUT2D eigenvalue weighted by molar-refractivity contribution is -0.148. The summed E-state index contributed by atoms with van der Waals surface area (Å²) in [4.78, 5) is 16.1. The zero-order valence-electron chi connectivity index (χ0n) is 13.8. The van der Waals surface area contributed by atoms with E-state index in [9.17, 15) is 9.18 Å². The summed E-state index contributed by atoms with van der Waals surface area (Å²) >= 11 is 0. The molecule has 128 valence electrons. The lowest BCUT2D eigenvalue weighted by Gasteiger charge is -2.13. The van der Waals surface area contributed by atoms with Gasteiger partial charge in [-0.1, -0.05) is 30.3 Å². The normalized spacial score (nSPS) is 11.9. The van der Waals surface area contributed by atoms with Crippen molar-refractivity contribution in [3.05, 3.63) is 78.1 Å². The van der Waals surface area contributed by atoms with Crippen molar-refractivity contribution in [2.24, 2.45) is 0 Å². The Morgan fingerprint density at radius 1 is 1.16 bits per heavy atom. The number of aryl methyl sites for hydroxylation is 1. The highest BCUT2D eigenvalue weighted by atomic mass is 19.1. The number of nitrogens with zero attached hydrogens (tertiary/aromatic N) is 1. The molecule has 0 aliphatic carbocycles. The third kappa shape index (κ3) is 4.53. The van der Waals surface area contributed by atoms with Gasteiger partial charge in [-0.2, -0.15) is 0 Å². The standard InChI is InChI=1S/C20H18FNO3/c1-14(15-5-3-2-4-6-15)24-20(23)12-11-19-22-13-18(25-19)16-7-9-17(21)10-8-16/h2-10,13-14H,11-12H2,1H3. The maximum Gasteiger partial charge on any atom is 0.306 e. The predicted octanol–water partition coefficient (Wildman–Crippen LogP) is 4.72. The molecule has 0 saturated carbocycles. The molecule has 0 amide bonds. The van der Waals surface area contributed by atoms with Gasteiger partial charge in [0.2, 0.25) is 0 Å². The highest BCUT2D eigenvalue weighted by Crippen LogP contribution is 2.22. The number of hydrogen-bond acceptors (Lipinski definition) is 4. The molecule has 3 aromatic rings. The minimum atomic E-state index is -0.308. The molecule has 1 heterocycles. The molecule has 3 rings (SSSR count). The molecule has 1 unspecified atom stereocenters. The number of benzene rings is 2. The first-order valence-electron chi connectivity index (χ1n) is 8.07. The molecule has 2 aromatic carbocycles. The van der Waals surface area contributed by atoms with E-state index in [0.29, 0.717) is 18.1 Å². The van der Waals surface area contributed by atoms with Crippen LogP contribution in [0.4, 0.5) is 4.39 Å².